The Hall–Kier alpha value is -3.21. The highest BCUT2D eigenvalue weighted by Gasteiger charge is 2.12. The Balaban J connectivity index is 1.68. The minimum absolute atomic E-state index is 0.140. The van der Waals surface area contributed by atoms with Gasteiger partial charge >= 0.3 is 0 Å². The summed E-state index contributed by atoms with van der Waals surface area (Å²) in [6.45, 7) is 4.84. The number of rotatable bonds is 7. The first-order valence-electron chi connectivity index (χ1n) is 9.22. The van der Waals surface area contributed by atoms with Crippen LogP contribution in [0.3, 0.4) is 0 Å². The quantitative estimate of drug-likeness (QED) is 0.652. The summed E-state index contributed by atoms with van der Waals surface area (Å²) in [5.74, 6) is 0.588. The van der Waals surface area contributed by atoms with Crippen LogP contribution in [0.5, 0.6) is 0 Å². The van der Waals surface area contributed by atoms with Crippen LogP contribution in [-0.2, 0) is 19.4 Å². The molecular formula is C22H24N4O. The molecule has 2 N–H and O–H groups in total. The zero-order valence-electron chi connectivity index (χ0n) is 15.7. The topological polar surface area (TPSA) is 66.9 Å². The Morgan fingerprint density at radius 1 is 0.963 bits per heavy atom. The van der Waals surface area contributed by atoms with Crippen LogP contribution >= 0.6 is 0 Å². The lowest BCUT2D eigenvalue weighted by Crippen LogP contribution is -2.15. The van der Waals surface area contributed by atoms with E-state index in [-0.39, 0.29) is 5.91 Å². The van der Waals surface area contributed by atoms with E-state index in [0.29, 0.717) is 12.1 Å². The fraction of sp³-hybridized carbons (Fsp3) is 0.227. The van der Waals surface area contributed by atoms with Crippen LogP contribution in [0.2, 0.25) is 0 Å². The van der Waals surface area contributed by atoms with Gasteiger partial charge in [0.15, 0.2) is 0 Å². The number of aromatic nitrogens is 2. The molecule has 0 saturated heterocycles. The summed E-state index contributed by atoms with van der Waals surface area (Å²) >= 11 is 0. The van der Waals surface area contributed by atoms with Crippen molar-refractivity contribution < 1.29 is 4.79 Å². The molecule has 5 nitrogen and oxygen atoms in total. The minimum atomic E-state index is -0.140. The van der Waals surface area contributed by atoms with E-state index in [1.54, 1.807) is 24.7 Å². The first-order valence-corrected chi connectivity index (χ1v) is 9.22. The Bertz CT molecular complexity index is 870. The maximum atomic E-state index is 12.7. The average molecular weight is 360 g/mol. The van der Waals surface area contributed by atoms with Crippen LogP contribution in [0.15, 0.2) is 61.1 Å². The van der Waals surface area contributed by atoms with E-state index in [1.807, 2.05) is 24.3 Å². The first kappa shape index (κ1) is 18.6. The fourth-order valence-corrected chi connectivity index (χ4v) is 2.91. The van der Waals surface area contributed by atoms with Crippen LogP contribution < -0.4 is 10.6 Å². The zero-order chi connectivity index (χ0) is 19.1. The van der Waals surface area contributed by atoms with Crippen LogP contribution in [-0.4, -0.2) is 15.9 Å². The highest BCUT2D eigenvalue weighted by Crippen LogP contribution is 2.23. The molecule has 0 aliphatic heterocycles. The highest BCUT2D eigenvalue weighted by atomic mass is 16.1. The molecule has 0 radical (unpaired) electrons. The zero-order valence-corrected chi connectivity index (χ0v) is 15.7. The number of hydrogen-bond donors (Lipinski definition) is 2. The molecule has 0 spiro atoms. The van der Waals surface area contributed by atoms with Crippen molar-refractivity contribution in [1.82, 2.24) is 9.97 Å². The molecule has 0 aliphatic rings. The molecule has 138 valence electrons. The van der Waals surface area contributed by atoms with Gasteiger partial charge < -0.3 is 10.6 Å². The van der Waals surface area contributed by atoms with Crippen LogP contribution in [0.1, 0.15) is 40.9 Å². The SMILES string of the molecule is CCc1cccc(CC)c1NC(=O)c1ccc(NCc2ccncc2)nc1. The molecule has 0 bridgehead atoms. The number of benzene rings is 1. The van der Waals surface area contributed by atoms with Gasteiger partial charge in [-0.2, -0.15) is 0 Å². The van der Waals surface area contributed by atoms with E-state index in [1.165, 1.54) is 0 Å². The van der Waals surface area contributed by atoms with Crippen molar-refractivity contribution in [2.24, 2.45) is 0 Å². The van der Waals surface area contributed by atoms with Crippen molar-refractivity contribution in [3.05, 3.63) is 83.3 Å². The molecule has 3 aromatic rings. The number of carbonyl (C=O) groups is 1. The normalized spacial score (nSPS) is 10.4. The number of carbonyl (C=O) groups excluding carboxylic acids is 1. The van der Waals surface area contributed by atoms with Crippen molar-refractivity contribution in [1.29, 1.82) is 0 Å². The second-order valence-corrected chi connectivity index (χ2v) is 6.25. The lowest BCUT2D eigenvalue weighted by atomic mass is 10.0. The lowest BCUT2D eigenvalue weighted by molar-refractivity contribution is 0.102. The second-order valence-electron chi connectivity index (χ2n) is 6.25. The molecule has 0 aliphatic carbocycles. The van der Waals surface area contributed by atoms with E-state index in [4.69, 9.17) is 0 Å². The summed E-state index contributed by atoms with van der Waals surface area (Å²) in [4.78, 5) is 21.0. The maximum Gasteiger partial charge on any atom is 0.257 e. The van der Waals surface area contributed by atoms with E-state index in [9.17, 15) is 4.79 Å². The van der Waals surface area contributed by atoms with Gasteiger partial charge in [-0.1, -0.05) is 32.0 Å². The van der Waals surface area contributed by atoms with Gasteiger partial charge in [0.05, 0.1) is 5.56 Å². The number of pyridine rings is 2. The van der Waals surface area contributed by atoms with Crippen LogP contribution in [0, 0.1) is 0 Å². The Kier molecular flexibility index (Phi) is 6.15. The third-order valence-electron chi connectivity index (χ3n) is 4.49. The fourth-order valence-electron chi connectivity index (χ4n) is 2.91. The maximum absolute atomic E-state index is 12.7. The number of para-hydroxylation sites is 1. The van der Waals surface area contributed by atoms with Gasteiger partial charge in [-0.3, -0.25) is 9.78 Å². The third kappa shape index (κ3) is 4.70. The van der Waals surface area contributed by atoms with Crippen molar-refractivity contribution >= 4 is 17.4 Å². The van der Waals surface area contributed by atoms with Crippen molar-refractivity contribution in [2.75, 3.05) is 10.6 Å². The monoisotopic (exact) mass is 360 g/mol. The number of nitrogens with one attached hydrogen (secondary N) is 2. The molecule has 2 heterocycles. The molecule has 27 heavy (non-hydrogen) atoms. The van der Waals surface area contributed by atoms with E-state index < -0.39 is 0 Å². The van der Waals surface area contributed by atoms with E-state index >= 15 is 0 Å². The lowest BCUT2D eigenvalue weighted by Gasteiger charge is -2.14. The number of nitrogens with zero attached hydrogens (tertiary/aromatic N) is 2. The Morgan fingerprint density at radius 2 is 1.67 bits per heavy atom. The summed E-state index contributed by atoms with van der Waals surface area (Å²) in [6.07, 6.45) is 6.87. The molecule has 1 amide bonds. The van der Waals surface area contributed by atoms with Crippen molar-refractivity contribution in [3.8, 4) is 0 Å². The summed E-state index contributed by atoms with van der Waals surface area (Å²) in [5, 5.41) is 6.31. The molecule has 0 fully saturated rings. The number of aryl methyl sites for hydroxylation is 2. The molecular weight excluding hydrogens is 336 g/mol. The molecule has 3 rings (SSSR count). The van der Waals surface area contributed by atoms with Gasteiger partial charge in [0.25, 0.3) is 5.91 Å². The van der Waals surface area contributed by atoms with E-state index in [0.717, 1.165) is 41.0 Å². The van der Waals surface area contributed by atoms with Crippen LogP contribution in [0.25, 0.3) is 0 Å². The minimum Gasteiger partial charge on any atom is -0.366 e. The largest absolute Gasteiger partial charge is 0.366 e. The summed E-state index contributed by atoms with van der Waals surface area (Å²) in [6, 6.07) is 13.7. The summed E-state index contributed by atoms with van der Waals surface area (Å²) in [5.41, 5.74) is 4.87. The molecule has 1 aromatic carbocycles. The average Bonchev–Trinajstić information content (AvgIpc) is 2.73. The number of amides is 1. The summed E-state index contributed by atoms with van der Waals surface area (Å²) in [7, 11) is 0. The van der Waals surface area contributed by atoms with Gasteiger partial charge in [-0.05, 0) is 53.8 Å². The first-order chi connectivity index (χ1) is 13.2. The number of hydrogen-bond acceptors (Lipinski definition) is 4. The van der Waals surface area contributed by atoms with Gasteiger partial charge in [0.2, 0.25) is 0 Å². The smallest absolute Gasteiger partial charge is 0.257 e. The molecule has 5 heteroatoms. The van der Waals surface area contributed by atoms with E-state index in [2.05, 4.69) is 46.6 Å². The number of anilines is 2. The second kappa shape index (κ2) is 8.94. The third-order valence-corrected chi connectivity index (χ3v) is 4.49. The Labute approximate surface area is 159 Å². The predicted molar refractivity (Wildman–Crippen MR) is 109 cm³/mol. The van der Waals surface area contributed by atoms with Crippen molar-refractivity contribution in [3.63, 3.8) is 0 Å². The van der Waals surface area contributed by atoms with Crippen LogP contribution in [0.4, 0.5) is 11.5 Å². The highest BCUT2D eigenvalue weighted by molar-refractivity contribution is 6.05. The van der Waals surface area contributed by atoms with Gasteiger partial charge in [0.1, 0.15) is 5.82 Å². The molecule has 2 aromatic heterocycles. The molecule has 0 unspecified atom stereocenters. The Morgan fingerprint density at radius 3 is 2.26 bits per heavy atom. The molecule has 0 atom stereocenters. The summed E-state index contributed by atoms with van der Waals surface area (Å²) < 4.78 is 0. The van der Waals surface area contributed by atoms with Crippen molar-refractivity contribution in [2.45, 2.75) is 33.2 Å². The predicted octanol–water partition coefficient (Wildman–Crippen LogP) is 4.47. The van der Waals surface area contributed by atoms with Gasteiger partial charge in [-0.25, -0.2) is 4.98 Å². The molecule has 0 saturated carbocycles. The van der Waals surface area contributed by atoms with Gasteiger partial charge in [-0.15, -0.1) is 0 Å². The van der Waals surface area contributed by atoms with Gasteiger partial charge in [0, 0.05) is 30.8 Å². The standard InChI is InChI=1S/C22H24N4O/c1-3-17-6-5-7-18(4-2)21(17)26-22(27)19-8-9-20(25-15-19)24-14-16-10-12-23-13-11-16/h5-13,15H,3-4,14H2,1-2H3,(H,24,25)(H,26,27).